The van der Waals surface area contributed by atoms with Crippen molar-refractivity contribution in [2.24, 2.45) is 5.92 Å². The van der Waals surface area contributed by atoms with E-state index in [1.807, 2.05) is 6.92 Å². The first-order chi connectivity index (χ1) is 10.8. The molecule has 0 amide bonds. The van der Waals surface area contributed by atoms with Crippen molar-refractivity contribution >= 4 is 10.0 Å². The van der Waals surface area contributed by atoms with Crippen LogP contribution in [0.2, 0.25) is 0 Å². The SMILES string of the molecule is Cc1nnc(-c2c(C)[nH]c(C)c2S(=O)(=O)N2CCC[C@H](C)C2)o1. The zero-order chi connectivity index (χ0) is 16.8. The van der Waals surface area contributed by atoms with Gasteiger partial charge in [0, 0.05) is 31.4 Å². The van der Waals surface area contributed by atoms with Gasteiger partial charge in [-0.15, -0.1) is 10.2 Å². The van der Waals surface area contributed by atoms with Gasteiger partial charge in [-0.25, -0.2) is 8.42 Å². The second-order valence-electron chi connectivity index (χ2n) is 6.32. The van der Waals surface area contributed by atoms with Gasteiger partial charge in [-0.2, -0.15) is 4.31 Å². The van der Waals surface area contributed by atoms with E-state index in [1.165, 1.54) is 0 Å². The predicted octanol–water partition coefficient (Wildman–Crippen LogP) is 2.41. The third-order valence-electron chi connectivity index (χ3n) is 4.28. The highest BCUT2D eigenvalue weighted by molar-refractivity contribution is 7.89. The van der Waals surface area contributed by atoms with Crippen molar-refractivity contribution in [3.63, 3.8) is 0 Å². The molecular weight excluding hydrogens is 316 g/mol. The first kappa shape index (κ1) is 16.2. The minimum absolute atomic E-state index is 0.244. The Kier molecular flexibility index (Phi) is 4.05. The topological polar surface area (TPSA) is 92.1 Å². The second-order valence-corrected chi connectivity index (χ2v) is 8.19. The molecule has 1 saturated heterocycles. The van der Waals surface area contributed by atoms with Crippen molar-refractivity contribution in [2.45, 2.75) is 45.4 Å². The molecule has 2 aromatic rings. The first-order valence-electron chi connectivity index (χ1n) is 7.80. The quantitative estimate of drug-likeness (QED) is 0.928. The second kappa shape index (κ2) is 5.76. The lowest BCUT2D eigenvalue weighted by Gasteiger charge is -2.30. The average molecular weight is 338 g/mol. The summed E-state index contributed by atoms with van der Waals surface area (Å²) in [4.78, 5) is 3.36. The predicted molar refractivity (Wildman–Crippen MR) is 85.5 cm³/mol. The van der Waals surface area contributed by atoms with E-state index in [0.717, 1.165) is 18.5 Å². The Morgan fingerprint density at radius 3 is 2.57 bits per heavy atom. The van der Waals surface area contributed by atoms with E-state index in [0.29, 0.717) is 36.2 Å². The molecule has 0 aromatic carbocycles. The summed E-state index contributed by atoms with van der Waals surface area (Å²) in [6.07, 6.45) is 1.95. The molecule has 1 atom stereocenters. The van der Waals surface area contributed by atoms with Gasteiger partial charge in [0.25, 0.3) is 5.89 Å². The van der Waals surface area contributed by atoms with Crippen molar-refractivity contribution in [2.75, 3.05) is 13.1 Å². The summed E-state index contributed by atoms with van der Waals surface area (Å²) in [6.45, 7) is 8.46. The van der Waals surface area contributed by atoms with Crippen LogP contribution in [0.5, 0.6) is 0 Å². The Morgan fingerprint density at radius 2 is 1.96 bits per heavy atom. The van der Waals surface area contributed by atoms with Crippen LogP contribution in [-0.4, -0.2) is 41.0 Å². The standard InChI is InChI=1S/C15H22N4O3S/c1-9-6-5-7-19(8-9)23(20,21)14-11(3)16-10(2)13(14)15-18-17-12(4)22-15/h9,16H,5-8H2,1-4H3/t9-/m0/s1. The zero-order valence-corrected chi connectivity index (χ0v) is 14.7. The molecule has 2 aromatic heterocycles. The fourth-order valence-corrected chi connectivity index (χ4v) is 5.24. The Morgan fingerprint density at radius 1 is 1.22 bits per heavy atom. The molecule has 0 saturated carbocycles. The number of nitrogens with zero attached hydrogens (tertiary/aromatic N) is 3. The molecule has 0 aliphatic carbocycles. The molecule has 1 aliphatic rings. The highest BCUT2D eigenvalue weighted by Crippen LogP contribution is 2.35. The van der Waals surface area contributed by atoms with Crippen LogP contribution in [0.4, 0.5) is 0 Å². The van der Waals surface area contributed by atoms with Crippen molar-refractivity contribution in [1.29, 1.82) is 0 Å². The van der Waals surface area contributed by atoms with Crippen molar-refractivity contribution in [3.05, 3.63) is 17.3 Å². The van der Waals surface area contributed by atoms with Gasteiger partial charge in [-0.3, -0.25) is 0 Å². The number of piperidine rings is 1. The summed E-state index contributed by atoms with van der Waals surface area (Å²) < 4.78 is 33.4. The summed E-state index contributed by atoms with van der Waals surface area (Å²) in [7, 11) is -3.60. The summed E-state index contributed by atoms with van der Waals surface area (Å²) in [5.74, 6) is 1.02. The Bertz CT molecular complexity index is 822. The fourth-order valence-electron chi connectivity index (χ4n) is 3.23. The summed E-state index contributed by atoms with van der Waals surface area (Å²) >= 11 is 0. The van der Waals surface area contributed by atoms with Crippen LogP contribution < -0.4 is 0 Å². The lowest BCUT2D eigenvalue weighted by molar-refractivity contribution is 0.281. The van der Waals surface area contributed by atoms with Crippen LogP contribution in [0.25, 0.3) is 11.5 Å². The number of hydrogen-bond donors (Lipinski definition) is 1. The van der Waals surface area contributed by atoms with E-state index in [9.17, 15) is 8.42 Å². The van der Waals surface area contributed by atoms with Gasteiger partial charge < -0.3 is 9.40 Å². The van der Waals surface area contributed by atoms with E-state index in [2.05, 4.69) is 22.1 Å². The molecule has 8 heteroatoms. The number of aryl methyl sites for hydroxylation is 3. The number of rotatable bonds is 3. The fraction of sp³-hybridized carbons (Fsp3) is 0.600. The molecule has 0 spiro atoms. The molecule has 126 valence electrons. The van der Waals surface area contributed by atoms with Crippen LogP contribution >= 0.6 is 0 Å². The van der Waals surface area contributed by atoms with Gasteiger partial charge in [-0.05, 0) is 32.6 Å². The van der Waals surface area contributed by atoms with Gasteiger partial charge in [0.05, 0.1) is 5.56 Å². The Balaban J connectivity index is 2.12. The van der Waals surface area contributed by atoms with Crippen LogP contribution in [0.1, 0.15) is 37.0 Å². The smallest absolute Gasteiger partial charge is 0.250 e. The highest BCUT2D eigenvalue weighted by Gasteiger charge is 2.35. The number of sulfonamides is 1. The monoisotopic (exact) mass is 338 g/mol. The van der Waals surface area contributed by atoms with Gasteiger partial charge in [0.15, 0.2) is 0 Å². The van der Waals surface area contributed by atoms with Crippen molar-refractivity contribution in [1.82, 2.24) is 19.5 Å². The van der Waals surface area contributed by atoms with Crippen molar-refractivity contribution in [3.8, 4) is 11.5 Å². The molecule has 0 bridgehead atoms. The molecule has 23 heavy (non-hydrogen) atoms. The third kappa shape index (κ3) is 2.81. The van der Waals surface area contributed by atoms with Crippen molar-refractivity contribution < 1.29 is 12.8 Å². The van der Waals surface area contributed by atoms with Gasteiger partial charge in [-0.1, -0.05) is 6.92 Å². The van der Waals surface area contributed by atoms with E-state index >= 15 is 0 Å². The van der Waals surface area contributed by atoms with Gasteiger partial charge >= 0.3 is 0 Å². The Hall–Kier alpha value is -1.67. The van der Waals surface area contributed by atoms with Gasteiger partial charge in [0.1, 0.15) is 4.90 Å². The maximum absolute atomic E-state index is 13.2. The number of aromatic nitrogens is 3. The summed E-state index contributed by atoms with van der Waals surface area (Å²) in [5, 5.41) is 7.83. The molecule has 0 radical (unpaired) electrons. The molecule has 3 heterocycles. The van der Waals surface area contributed by atoms with E-state index in [-0.39, 0.29) is 10.8 Å². The average Bonchev–Trinajstić information content (AvgIpc) is 3.02. The maximum Gasteiger partial charge on any atom is 0.250 e. The number of hydrogen-bond acceptors (Lipinski definition) is 5. The van der Waals surface area contributed by atoms with E-state index < -0.39 is 10.0 Å². The molecule has 1 N–H and O–H groups in total. The number of aromatic amines is 1. The molecule has 1 aliphatic heterocycles. The van der Waals surface area contributed by atoms with E-state index in [1.54, 1.807) is 18.2 Å². The lowest BCUT2D eigenvalue weighted by Crippen LogP contribution is -2.39. The van der Waals surface area contributed by atoms with E-state index in [4.69, 9.17) is 4.42 Å². The summed E-state index contributed by atoms with van der Waals surface area (Å²) in [5.41, 5.74) is 1.81. The molecule has 0 unspecified atom stereocenters. The van der Waals surface area contributed by atoms with Crippen LogP contribution in [0.3, 0.4) is 0 Å². The minimum Gasteiger partial charge on any atom is -0.421 e. The molecular formula is C15H22N4O3S. The summed E-state index contributed by atoms with van der Waals surface area (Å²) in [6, 6.07) is 0. The van der Waals surface area contributed by atoms with Crippen LogP contribution in [-0.2, 0) is 10.0 Å². The normalized spacial score (nSPS) is 20.1. The maximum atomic E-state index is 13.2. The molecule has 7 nitrogen and oxygen atoms in total. The highest BCUT2D eigenvalue weighted by atomic mass is 32.2. The van der Waals surface area contributed by atoms with Crippen LogP contribution in [0, 0.1) is 26.7 Å². The first-order valence-corrected chi connectivity index (χ1v) is 9.24. The largest absolute Gasteiger partial charge is 0.421 e. The molecule has 3 rings (SSSR count). The Labute approximate surface area is 136 Å². The lowest BCUT2D eigenvalue weighted by atomic mass is 10.0. The zero-order valence-electron chi connectivity index (χ0n) is 13.9. The third-order valence-corrected chi connectivity index (χ3v) is 6.31. The number of H-pyrrole nitrogens is 1. The number of nitrogens with one attached hydrogen (secondary N) is 1. The van der Waals surface area contributed by atoms with Crippen LogP contribution in [0.15, 0.2) is 9.31 Å². The minimum atomic E-state index is -3.60. The molecule has 1 fully saturated rings. The van der Waals surface area contributed by atoms with Gasteiger partial charge in [0.2, 0.25) is 15.9 Å².